The van der Waals surface area contributed by atoms with E-state index in [1.165, 1.54) is 43.1 Å². The van der Waals surface area contributed by atoms with Gasteiger partial charge in [-0.15, -0.1) is 0 Å². The first-order valence-electron chi connectivity index (χ1n) is 9.23. The van der Waals surface area contributed by atoms with Crippen molar-refractivity contribution in [2.75, 3.05) is 5.32 Å². The number of carbonyl (C=O) groups excluding carboxylic acids is 1. The molecule has 11 heteroatoms. The summed E-state index contributed by atoms with van der Waals surface area (Å²) < 4.78 is 85.5. The van der Waals surface area contributed by atoms with Gasteiger partial charge in [-0.25, -0.2) is 0 Å². The van der Waals surface area contributed by atoms with Crippen LogP contribution in [0.5, 0.6) is 0 Å². The third-order valence-electron chi connectivity index (χ3n) is 4.75. The molecule has 0 saturated heterocycles. The van der Waals surface area contributed by atoms with Gasteiger partial charge in [0.25, 0.3) is 0 Å². The van der Waals surface area contributed by atoms with Gasteiger partial charge in [0.2, 0.25) is 5.91 Å². The topological polar surface area (TPSA) is 60.1 Å². The molecule has 2 aromatic heterocycles. The molecule has 3 rings (SSSR count). The third kappa shape index (κ3) is 5.04. The Morgan fingerprint density at radius 3 is 2.47 bits per heavy atom. The number of nitrogens with one attached hydrogen (secondary N) is 1. The first-order valence-corrected chi connectivity index (χ1v) is 9.23. The smallest absolute Gasteiger partial charge is 0.416 e. The third-order valence-corrected chi connectivity index (χ3v) is 4.75. The number of benzene rings is 1. The molecule has 0 saturated carbocycles. The lowest BCUT2D eigenvalue weighted by Crippen LogP contribution is -2.19. The van der Waals surface area contributed by atoms with Gasteiger partial charge in [-0.2, -0.15) is 31.4 Å². The molecular weight excluding hydrogens is 440 g/mol. The quantitative estimate of drug-likeness (QED) is 0.373. The zero-order valence-corrected chi connectivity index (χ0v) is 16.8. The van der Waals surface area contributed by atoms with Crippen molar-refractivity contribution in [2.24, 2.45) is 0 Å². The second-order valence-electron chi connectivity index (χ2n) is 6.90. The van der Waals surface area contributed by atoms with Gasteiger partial charge in [-0.05, 0) is 49.8 Å². The fourth-order valence-corrected chi connectivity index (χ4v) is 3.13. The van der Waals surface area contributed by atoms with Crippen molar-refractivity contribution in [1.29, 1.82) is 0 Å². The molecule has 5 nitrogen and oxygen atoms in total. The summed E-state index contributed by atoms with van der Waals surface area (Å²) in [5, 5.41) is 6.57. The molecule has 0 bridgehead atoms. The molecule has 2 heterocycles. The fourth-order valence-electron chi connectivity index (χ4n) is 3.13. The zero-order chi connectivity index (χ0) is 23.7. The van der Waals surface area contributed by atoms with Gasteiger partial charge in [0.1, 0.15) is 5.76 Å². The van der Waals surface area contributed by atoms with E-state index in [0.717, 1.165) is 6.07 Å². The van der Waals surface area contributed by atoms with E-state index in [1.807, 2.05) is 0 Å². The predicted octanol–water partition coefficient (Wildman–Crippen LogP) is 6.08. The summed E-state index contributed by atoms with van der Waals surface area (Å²) in [6.07, 6.45) is -4.60. The van der Waals surface area contributed by atoms with E-state index in [9.17, 15) is 31.1 Å². The number of halogens is 6. The number of nitrogens with zero attached hydrogens (tertiary/aromatic N) is 2. The Bertz CT molecular complexity index is 1130. The molecule has 1 amide bonds. The second kappa shape index (κ2) is 8.56. The van der Waals surface area contributed by atoms with Crippen molar-refractivity contribution in [3.05, 3.63) is 77.0 Å². The van der Waals surface area contributed by atoms with Crippen LogP contribution in [0.15, 0.2) is 53.3 Å². The van der Waals surface area contributed by atoms with Crippen LogP contribution in [0.4, 0.5) is 32.0 Å². The highest BCUT2D eigenvalue weighted by atomic mass is 19.4. The number of hydrogen-bond acceptors (Lipinski definition) is 3. The van der Waals surface area contributed by atoms with E-state index in [2.05, 4.69) is 10.4 Å². The average molecular weight is 457 g/mol. The minimum Gasteiger partial charge on any atom is -0.465 e. The number of furan rings is 1. The highest BCUT2D eigenvalue weighted by Crippen LogP contribution is 2.40. The summed E-state index contributed by atoms with van der Waals surface area (Å²) >= 11 is 0. The van der Waals surface area contributed by atoms with Gasteiger partial charge in [-0.3, -0.25) is 9.48 Å². The van der Waals surface area contributed by atoms with Crippen molar-refractivity contribution in [3.8, 4) is 0 Å². The lowest BCUT2D eigenvalue weighted by atomic mass is 9.98. The second-order valence-corrected chi connectivity index (χ2v) is 6.90. The van der Waals surface area contributed by atoms with Crippen LogP contribution in [-0.2, 0) is 17.1 Å². The molecule has 1 N–H and O–H groups in total. The van der Waals surface area contributed by atoms with Crippen LogP contribution < -0.4 is 5.32 Å². The minimum absolute atomic E-state index is 0.0901. The van der Waals surface area contributed by atoms with Gasteiger partial charge in [0.05, 0.1) is 41.0 Å². The number of hydrogen-bond donors (Lipinski definition) is 1. The normalized spacial score (nSPS) is 13.5. The first-order chi connectivity index (χ1) is 14.9. The SMILES string of the molecule is Cc1c(NC(=O)/C=C\c2ccco2)cnn1C(C)c1ccc(C(F)(F)F)cc1C(F)(F)F. The molecular formula is C21H17F6N3O2. The summed E-state index contributed by atoms with van der Waals surface area (Å²) in [4.78, 5) is 12.1. The molecule has 1 aromatic carbocycles. The number of amides is 1. The van der Waals surface area contributed by atoms with Crippen molar-refractivity contribution >= 4 is 17.7 Å². The largest absolute Gasteiger partial charge is 0.465 e. The van der Waals surface area contributed by atoms with Crippen LogP contribution in [0.1, 0.15) is 41.1 Å². The maximum Gasteiger partial charge on any atom is 0.416 e. The Kier molecular flexibility index (Phi) is 6.20. The molecule has 170 valence electrons. The van der Waals surface area contributed by atoms with E-state index < -0.39 is 35.4 Å². The lowest BCUT2D eigenvalue weighted by Gasteiger charge is -2.21. The summed E-state index contributed by atoms with van der Waals surface area (Å²) in [6, 6.07) is 3.70. The maximum absolute atomic E-state index is 13.5. The van der Waals surface area contributed by atoms with Crippen molar-refractivity contribution in [3.63, 3.8) is 0 Å². The van der Waals surface area contributed by atoms with Crippen LogP contribution >= 0.6 is 0 Å². The van der Waals surface area contributed by atoms with E-state index in [-0.39, 0.29) is 17.3 Å². The van der Waals surface area contributed by atoms with Gasteiger partial charge >= 0.3 is 12.4 Å². The number of anilines is 1. The Morgan fingerprint density at radius 2 is 1.88 bits per heavy atom. The van der Waals surface area contributed by atoms with Gasteiger partial charge < -0.3 is 9.73 Å². The molecule has 0 spiro atoms. The average Bonchev–Trinajstić information content (AvgIpc) is 3.34. The minimum atomic E-state index is -5.00. The van der Waals surface area contributed by atoms with Crippen LogP contribution in [-0.4, -0.2) is 15.7 Å². The highest BCUT2D eigenvalue weighted by molar-refractivity contribution is 6.02. The Morgan fingerprint density at radius 1 is 1.16 bits per heavy atom. The molecule has 0 aliphatic carbocycles. The highest BCUT2D eigenvalue weighted by Gasteiger charge is 2.39. The van der Waals surface area contributed by atoms with E-state index >= 15 is 0 Å². The number of rotatable bonds is 5. The van der Waals surface area contributed by atoms with Crippen LogP contribution in [0.25, 0.3) is 6.08 Å². The predicted molar refractivity (Wildman–Crippen MR) is 104 cm³/mol. The van der Waals surface area contributed by atoms with Crippen molar-refractivity contribution in [1.82, 2.24) is 9.78 Å². The van der Waals surface area contributed by atoms with Gasteiger partial charge in [0, 0.05) is 6.08 Å². The van der Waals surface area contributed by atoms with Crippen molar-refractivity contribution < 1.29 is 35.6 Å². The Hall–Kier alpha value is -3.50. The zero-order valence-electron chi connectivity index (χ0n) is 16.8. The molecule has 0 aliphatic heterocycles. The Balaban J connectivity index is 1.88. The number of carbonyl (C=O) groups is 1. The van der Waals surface area contributed by atoms with Gasteiger partial charge in [0.15, 0.2) is 0 Å². The van der Waals surface area contributed by atoms with Crippen LogP contribution in [0.3, 0.4) is 0 Å². The molecule has 1 atom stereocenters. The molecule has 32 heavy (non-hydrogen) atoms. The lowest BCUT2D eigenvalue weighted by molar-refractivity contribution is -0.143. The summed E-state index contributed by atoms with van der Waals surface area (Å²) in [7, 11) is 0. The van der Waals surface area contributed by atoms with Gasteiger partial charge in [-0.1, -0.05) is 6.07 Å². The fraction of sp³-hybridized carbons (Fsp3) is 0.238. The van der Waals surface area contributed by atoms with Crippen LogP contribution in [0.2, 0.25) is 0 Å². The van der Waals surface area contributed by atoms with Crippen LogP contribution in [0, 0.1) is 6.92 Å². The molecule has 3 aromatic rings. The molecule has 0 aliphatic rings. The number of aromatic nitrogens is 2. The monoisotopic (exact) mass is 457 g/mol. The van der Waals surface area contributed by atoms with E-state index in [4.69, 9.17) is 4.42 Å². The van der Waals surface area contributed by atoms with E-state index in [0.29, 0.717) is 17.5 Å². The van der Waals surface area contributed by atoms with E-state index in [1.54, 1.807) is 12.1 Å². The molecule has 0 fully saturated rings. The standard InChI is InChI=1S/C21H17F6N3O2/c1-12(16-7-5-14(20(22,23)24)10-17(16)21(25,26)27)30-13(2)18(11-28-30)29-19(31)8-6-15-4-3-9-32-15/h3-12H,1-2H3,(H,29,31)/b8-6-. The molecule has 0 radical (unpaired) electrons. The summed E-state index contributed by atoms with van der Waals surface area (Å²) in [5.74, 6) is -0.0783. The summed E-state index contributed by atoms with van der Waals surface area (Å²) in [5.41, 5.74) is -2.61. The first kappa shape index (κ1) is 23.2. The molecule has 1 unspecified atom stereocenters. The Labute approximate surface area is 178 Å². The van der Waals surface area contributed by atoms with Crippen molar-refractivity contribution in [2.45, 2.75) is 32.2 Å². The number of alkyl halides is 6. The maximum atomic E-state index is 13.5. The summed E-state index contributed by atoms with van der Waals surface area (Å²) in [6.45, 7) is 2.90.